The van der Waals surface area contributed by atoms with Crippen molar-refractivity contribution in [1.82, 2.24) is 20.6 Å². The summed E-state index contributed by atoms with van der Waals surface area (Å²) < 4.78 is 0. The van der Waals surface area contributed by atoms with Gasteiger partial charge in [-0.2, -0.15) is 0 Å². The lowest BCUT2D eigenvalue weighted by Gasteiger charge is -2.14. The summed E-state index contributed by atoms with van der Waals surface area (Å²) in [5.41, 5.74) is 2.63. The number of carbonyl (C=O) groups excluding carboxylic acids is 2. The summed E-state index contributed by atoms with van der Waals surface area (Å²) in [6, 6.07) is 14.7. The van der Waals surface area contributed by atoms with Gasteiger partial charge in [-0.25, -0.2) is 0 Å². The fourth-order valence-corrected chi connectivity index (χ4v) is 2.58. The fourth-order valence-electron chi connectivity index (χ4n) is 2.58. The molecule has 0 aliphatic heterocycles. The molecule has 1 atom stereocenters. The van der Waals surface area contributed by atoms with Gasteiger partial charge in [0.15, 0.2) is 0 Å². The lowest BCUT2D eigenvalue weighted by atomic mass is 10.1. The van der Waals surface area contributed by atoms with Crippen LogP contribution < -0.4 is 10.6 Å². The van der Waals surface area contributed by atoms with Crippen LogP contribution in [0.25, 0.3) is 0 Å². The molecule has 2 N–H and O–H groups in total. The van der Waals surface area contributed by atoms with Gasteiger partial charge in [0.2, 0.25) is 0 Å². The first-order valence-corrected chi connectivity index (χ1v) is 8.61. The van der Waals surface area contributed by atoms with Gasteiger partial charge in [-0.1, -0.05) is 30.3 Å². The molecule has 27 heavy (non-hydrogen) atoms. The van der Waals surface area contributed by atoms with Crippen LogP contribution in [0.5, 0.6) is 0 Å². The zero-order chi connectivity index (χ0) is 19.1. The molecule has 0 fully saturated rings. The highest BCUT2D eigenvalue weighted by Crippen LogP contribution is 2.12. The Kier molecular flexibility index (Phi) is 5.89. The molecule has 3 rings (SSSR count). The number of pyridine rings is 2. The topological polar surface area (TPSA) is 84.0 Å². The smallest absolute Gasteiger partial charge is 0.253 e. The van der Waals surface area contributed by atoms with Crippen LogP contribution in [0.3, 0.4) is 0 Å². The zero-order valence-electron chi connectivity index (χ0n) is 14.9. The van der Waals surface area contributed by atoms with Gasteiger partial charge in [0.25, 0.3) is 11.8 Å². The second-order valence-corrected chi connectivity index (χ2v) is 6.11. The predicted octanol–water partition coefficient (Wildman–Crippen LogP) is 2.90. The highest BCUT2D eigenvalue weighted by atomic mass is 16.2. The highest BCUT2D eigenvalue weighted by molar-refractivity contribution is 5.99. The van der Waals surface area contributed by atoms with E-state index in [-0.39, 0.29) is 17.9 Å². The molecule has 2 amide bonds. The summed E-state index contributed by atoms with van der Waals surface area (Å²) in [6.45, 7) is 2.29. The van der Waals surface area contributed by atoms with Crippen LogP contribution in [0, 0.1) is 0 Å². The summed E-state index contributed by atoms with van der Waals surface area (Å²) in [7, 11) is 0. The maximum Gasteiger partial charge on any atom is 0.253 e. The Morgan fingerprint density at radius 2 is 1.59 bits per heavy atom. The predicted molar refractivity (Wildman–Crippen MR) is 102 cm³/mol. The third kappa shape index (κ3) is 4.98. The summed E-state index contributed by atoms with van der Waals surface area (Å²) in [5.74, 6) is -0.562. The Morgan fingerprint density at radius 1 is 0.926 bits per heavy atom. The minimum Gasteiger partial charge on any atom is -0.348 e. The Labute approximate surface area is 157 Å². The van der Waals surface area contributed by atoms with Crippen LogP contribution in [-0.4, -0.2) is 21.8 Å². The minimum atomic E-state index is -0.287. The molecular formula is C21H20N4O2. The molecule has 0 aliphatic carbocycles. The average molecular weight is 360 g/mol. The lowest BCUT2D eigenvalue weighted by molar-refractivity contribution is 0.0939. The molecule has 0 saturated heterocycles. The molecule has 6 heteroatoms. The van der Waals surface area contributed by atoms with Crippen LogP contribution in [0.4, 0.5) is 0 Å². The number of benzene rings is 1. The van der Waals surface area contributed by atoms with Crippen molar-refractivity contribution in [2.45, 2.75) is 19.5 Å². The molecule has 2 aromatic heterocycles. The molecule has 1 unspecified atom stereocenters. The van der Waals surface area contributed by atoms with Crippen LogP contribution >= 0.6 is 0 Å². The van der Waals surface area contributed by atoms with Crippen molar-refractivity contribution in [3.8, 4) is 0 Å². The van der Waals surface area contributed by atoms with Gasteiger partial charge >= 0.3 is 0 Å². The Bertz CT molecular complexity index is 914. The minimum absolute atomic E-state index is 0.150. The Balaban J connectivity index is 1.64. The van der Waals surface area contributed by atoms with E-state index in [1.165, 1.54) is 12.4 Å². The molecule has 1 aromatic carbocycles. The molecular weight excluding hydrogens is 340 g/mol. The standard InChI is InChI=1S/C21H20N4O2/c1-15(17-5-3-2-4-6-17)25-21(27)19-11-18(13-23-14-19)20(26)24-12-16-7-9-22-10-8-16/h2-11,13-15H,12H2,1H3,(H,24,26)(H,25,27). The van der Waals surface area contributed by atoms with Gasteiger partial charge in [-0.15, -0.1) is 0 Å². The van der Waals surface area contributed by atoms with Crippen LogP contribution in [0.2, 0.25) is 0 Å². The number of nitrogens with one attached hydrogen (secondary N) is 2. The van der Waals surface area contributed by atoms with E-state index in [0.29, 0.717) is 17.7 Å². The van der Waals surface area contributed by atoms with Crippen LogP contribution in [-0.2, 0) is 6.54 Å². The number of carbonyl (C=O) groups is 2. The average Bonchev–Trinajstić information content (AvgIpc) is 2.73. The Morgan fingerprint density at radius 3 is 2.30 bits per heavy atom. The van der Waals surface area contributed by atoms with E-state index in [9.17, 15) is 9.59 Å². The quantitative estimate of drug-likeness (QED) is 0.708. The first-order chi connectivity index (χ1) is 13.1. The maximum absolute atomic E-state index is 12.5. The molecule has 0 saturated carbocycles. The SMILES string of the molecule is CC(NC(=O)c1cncc(C(=O)NCc2ccncc2)c1)c1ccccc1. The third-order valence-corrected chi connectivity index (χ3v) is 4.11. The van der Waals surface area contributed by atoms with Gasteiger partial charge in [-0.05, 0) is 36.2 Å². The lowest BCUT2D eigenvalue weighted by Crippen LogP contribution is -2.28. The first kappa shape index (κ1) is 18.3. The van der Waals surface area contributed by atoms with Gasteiger partial charge in [-0.3, -0.25) is 19.6 Å². The monoisotopic (exact) mass is 360 g/mol. The van der Waals surface area contributed by atoms with E-state index < -0.39 is 0 Å². The molecule has 0 bridgehead atoms. The number of nitrogens with zero attached hydrogens (tertiary/aromatic N) is 2. The highest BCUT2D eigenvalue weighted by Gasteiger charge is 2.14. The molecule has 136 valence electrons. The molecule has 0 spiro atoms. The van der Waals surface area contributed by atoms with Gasteiger partial charge in [0.05, 0.1) is 17.2 Å². The third-order valence-electron chi connectivity index (χ3n) is 4.11. The second kappa shape index (κ2) is 8.71. The largest absolute Gasteiger partial charge is 0.348 e. The second-order valence-electron chi connectivity index (χ2n) is 6.11. The molecule has 2 heterocycles. The van der Waals surface area contributed by atoms with Crippen LogP contribution in [0.1, 0.15) is 44.8 Å². The first-order valence-electron chi connectivity index (χ1n) is 8.61. The maximum atomic E-state index is 12.5. The van der Waals surface area contributed by atoms with Gasteiger partial charge in [0, 0.05) is 31.3 Å². The van der Waals surface area contributed by atoms with Crippen molar-refractivity contribution in [3.63, 3.8) is 0 Å². The molecule has 0 aliphatic rings. The molecule has 0 radical (unpaired) electrons. The van der Waals surface area contributed by atoms with Crippen molar-refractivity contribution >= 4 is 11.8 Å². The summed E-state index contributed by atoms with van der Waals surface area (Å²) in [4.78, 5) is 32.8. The number of hydrogen-bond acceptors (Lipinski definition) is 4. The Hall–Kier alpha value is -3.54. The van der Waals surface area contributed by atoms with Gasteiger partial charge in [0.1, 0.15) is 0 Å². The van der Waals surface area contributed by atoms with Crippen molar-refractivity contribution in [3.05, 3.63) is 95.6 Å². The van der Waals surface area contributed by atoms with E-state index in [1.807, 2.05) is 49.4 Å². The van der Waals surface area contributed by atoms with Crippen molar-refractivity contribution < 1.29 is 9.59 Å². The van der Waals surface area contributed by atoms with E-state index in [1.54, 1.807) is 18.5 Å². The zero-order valence-corrected chi connectivity index (χ0v) is 14.9. The number of hydrogen-bond donors (Lipinski definition) is 2. The van der Waals surface area contributed by atoms with Gasteiger partial charge < -0.3 is 10.6 Å². The summed E-state index contributed by atoms with van der Waals surface area (Å²) in [5, 5.41) is 5.73. The number of aromatic nitrogens is 2. The van der Waals surface area contributed by atoms with E-state index in [2.05, 4.69) is 20.6 Å². The van der Waals surface area contributed by atoms with E-state index in [4.69, 9.17) is 0 Å². The number of rotatable bonds is 6. The van der Waals surface area contributed by atoms with Crippen molar-refractivity contribution in [1.29, 1.82) is 0 Å². The number of amides is 2. The fraction of sp³-hybridized carbons (Fsp3) is 0.143. The van der Waals surface area contributed by atoms with Crippen molar-refractivity contribution in [2.75, 3.05) is 0 Å². The summed E-state index contributed by atoms with van der Waals surface area (Å²) in [6.07, 6.45) is 6.23. The summed E-state index contributed by atoms with van der Waals surface area (Å²) >= 11 is 0. The van der Waals surface area contributed by atoms with E-state index >= 15 is 0 Å². The van der Waals surface area contributed by atoms with E-state index in [0.717, 1.165) is 11.1 Å². The molecule has 3 aromatic rings. The normalized spacial score (nSPS) is 11.4. The van der Waals surface area contributed by atoms with Crippen LogP contribution in [0.15, 0.2) is 73.3 Å². The van der Waals surface area contributed by atoms with Crippen molar-refractivity contribution in [2.24, 2.45) is 0 Å². The molecule has 6 nitrogen and oxygen atoms in total.